The minimum absolute atomic E-state index is 0.303. The molecule has 1 heterocycles. The van der Waals surface area contributed by atoms with Gasteiger partial charge in [-0.05, 0) is 31.1 Å². The van der Waals surface area contributed by atoms with Gasteiger partial charge < -0.3 is 15.8 Å². The first-order valence-corrected chi connectivity index (χ1v) is 7.01. The first-order chi connectivity index (χ1) is 8.33. The second-order valence-electron chi connectivity index (χ2n) is 5.70. The fourth-order valence-corrected chi connectivity index (χ4v) is 2.99. The van der Waals surface area contributed by atoms with Crippen LogP contribution in [-0.4, -0.2) is 31.3 Å². The van der Waals surface area contributed by atoms with Crippen molar-refractivity contribution in [2.75, 3.05) is 13.2 Å². The monoisotopic (exact) mass is 237 g/mol. The van der Waals surface area contributed by atoms with Crippen LogP contribution < -0.4 is 11.1 Å². The van der Waals surface area contributed by atoms with Crippen molar-refractivity contribution in [3.8, 4) is 0 Å². The lowest BCUT2D eigenvalue weighted by Gasteiger charge is -2.25. The largest absolute Gasteiger partial charge is 0.376 e. The average molecular weight is 237 g/mol. The third-order valence-electron chi connectivity index (χ3n) is 4.42. The highest BCUT2D eigenvalue weighted by molar-refractivity contribution is 5.78. The molecule has 0 spiro atoms. The predicted octanol–water partition coefficient (Wildman–Crippen LogP) is 1.26. The van der Waals surface area contributed by atoms with Gasteiger partial charge in [0.05, 0.1) is 12.6 Å². The standard InChI is InChI=1S/C13H23N3O/c14-13(15-8-10-5-2-6-17-10)16-12-7-11(12)9-3-1-4-9/h9-12H,1-8H2,(H3,14,15,16)/t10?,11-,12+/m0/s1. The maximum Gasteiger partial charge on any atom is 0.188 e. The summed E-state index contributed by atoms with van der Waals surface area (Å²) < 4.78 is 5.52. The zero-order valence-electron chi connectivity index (χ0n) is 10.4. The zero-order chi connectivity index (χ0) is 11.7. The molecule has 4 heteroatoms. The third kappa shape index (κ3) is 2.73. The van der Waals surface area contributed by atoms with Gasteiger partial charge in [-0.2, -0.15) is 0 Å². The van der Waals surface area contributed by atoms with Crippen LogP contribution in [0.4, 0.5) is 0 Å². The minimum Gasteiger partial charge on any atom is -0.376 e. The van der Waals surface area contributed by atoms with Crippen molar-refractivity contribution in [3.63, 3.8) is 0 Å². The Morgan fingerprint density at radius 2 is 2.18 bits per heavy atom. The van der Waals surface area contributed by atoms with Crippen molar-refractivity contribution >= 4 is 5.96 Å². The Bertz CT molecular complexity index is 295. The third-order valence-corrected chi connectivity index (χ3v) is 4.42. The van der Waals surface area contributed by atoms with Gasteiger partial charge in [-0.15, -0.1) is 0 Å². The van der Waals surface area contributed by atoms with Gasteiger partial charge in [0.15, 0.2) is 5.96 Å². The van der Waals surface area contributed by atoms with E-state index in [4.69, 9.17) is 10.5 Å². The summed E-state index contributed by atoms with van der Waals surface area (Å²) >= 11 is 0. The van der Waals surface area contributed by atoms with Crippen LogP contribution in [0, 0.1) is 11.8 Å². The van der Waals surface area contributed by atoms with E-state index in [9.17, 15) is 0 Å². The highest BCUT2D eigenvalue weighted by atomic mass is 16.5. The van der Waals surface area contributed by atoms with E-state index in [0.717, 1.165) is 31.4 Å². The summed E-state index contributed by atoms with van der Waals surface area (Å²) in [4.78, 5) is 4.38. The van der Waals surface area contributed by atoms with Crippen molar-refractivity contribution in [2.45, 2.75) is 50.7 Å². The molecule has 0 radical (unpaired) electrons. The van der Waals surface area contributed by atoms with E-state index in [1.165, 1.54) is 32.1 Å². The van der Waals surface area contributed by atoms with Gasteiger partial charge in [-0.1, -0.05) is 19.3 Å². The summed E-state index contributed by atoms with van der Waals surface area (Å²) in [7, 11) is 0. The van der Waals surface area contributed by atoms with E-state index >= 15 is 0 Å². The molecule has 3 N–H and O–H groups in total. The summed E-state index contributed by atoms with van der Waals surface area (Å²) in [5, 5.41) is 3.35. The summed E-state index contributed by atoms with van der Waals surface area (Å²) in [5.41, 5.74) is 5.90. The quantitative estimate of drug-likeness (QED) is 0.571. The lowest BCUT2D eigenvalue weighted by atomic mass is 9.81. The van der Waals surface area contributed by atoms with Gasteiger partial charge in [0.2, 0.25) is 0 Å². The van der Waals surface area contributed by atoms with Crippen molar-refractivity contribution < 1.29 is 4.74 Å². The topological polar surface area (TPSA) is 59.6 Å². The number of hydrogen-bond donors (Lipinski definition) is 2. The van der Waals surface area contributed by atoms with Crippen LogP contribution in [0.15, 0.2) is 4.99 Å². The summed E-state index contributed by atoms with van der Waals surface area (Å²) in [5.74, 6) is 2.46. The Hall–Kier alpha value is -0.770. The lowest BCUT2D eigenvalue weighted by Crippen LogP contribution is -2.36. The first-order valence-electron chi connectivity index (χ1n) is 7.01. The molecule has 3 atom stereocenters. The molecule has 0 aromatic heterocycles. The zero-order valence-corrected chi connectivity index (χ0v) is 10.4. The number of aliphatic imine (C=N–C) groups is 1. The molecule has 2 saturated carbocycles. The molecule has 3 rings (SSSR count). The van der Waals surface area contributed by atoms with Gasteiger partial charge in [0, 0.05) is 12.6 Å². The van der Waals surface area contributed by atoms with Crippen LogP contribution >= 0.6 is 0 Å². The van der Waals surface area contributed by atoms with Crippen LogP contribution in [0.1, 0.15) is 38.5 Å². The fourth-order valence-electron chi connectivity index (χ4n) is 2.99. The van der Waals surface area contributed by atoms with Crippen LogP contribution in [-0.2, 0) is 4.74 Å². The average Bonchev–Trinajstić information content (AvgIpc) is 2.80. The van der Waals surface area contributed by atoms with Gasteiger partial charge >= 0.3 is 0 Å². The molecular weight excluding hydrogens is 214 g/mol. The Morgan fingerprint density at radius 3 is 2.82 bits per heavy atom. The van der Waals surface area contributed by atoms with E-state index in [1.807, 2.05) is 0 Å². The van der Waals surface area contributed by atoms with Gasteiger partial charge in [0.1, 0.15) is 0 Å². The maximum absolute atomic E-state index is 5.90. The van der Waals surface area contributed by atoms with E-state index < -0.39 is 0 Å². The summed E-state index contributed by atoms with van der Waals surface area (Å²) in [6, 6.07) is 0.605. The van der Waals surface area contributed by atoms with Gasteiger partial charge in [0.25, 0.3) is 0 Å². The first kappa shape index (κ1) is 11.3. The molecule has 4 nitrogen and oxygen atoms in total. The van der Waals surface area contributed by atoms with Crippen LogP contribution in [0.25, 0.3) is 0 Å². The molecule has 1 aliphatic heterocycles. The Labute approximate surface area is 103 Å². The molecule has 0 amide bonds. The molecule has 2 aliphatic carbocycles. The smallest absolute Gasteiger partial charge is 0.188 e. The number of ether oxygens (including phenoxy) is 1. The van der Waals surface area contributed by atoms with Gasteiger partial charge in [-0.3, -0.25) is 4.99 Å². The molecule has 1 unspecified atom stereocenters. The Morgan fingerprint density at radius 1 is 1.29 bits per heavy atom. The molecule has 96 valence electrons. The van der Waals surface area contributed by atoms with E-state index in [1.54, 1.807) is 0 Å². The number of rotatable bonds is 4. The fraction of sp³-hybridized carbons (Fsp3) is 0.923. The van der Waals surface area contributed by atoms with Crippen molar-refractivity contribution in [2.24, 2.45) is 22.6 Å². The Kier molecular flexibility index (Phi) is 3.23. The number of nitrogens with one attached hydrogen (secondary N) is 1. The molecule has 0 aromatic carbocycles. The Balaban J connectivity index is 1.37. The minimum atomic E-state index is 0.303. The van der Waals surface area contributed by atoms with E-state index in [-0.39, 0.29) is 0 Å². The number of nitrogens with zero attached hydrogens (tertiary/aromatic N) is 1. The molecular formula is C13H23N3O. The van der Waals surface area contributed by atoms with Crippen molar-refractivity contribution in [1.82, 2.24) is 5.32 Å². The summed E-state index contributed by atoms with van der Waals surface area (Å²) in [6.07, 6.45) is 8.17. The predicted molar refractivity (Wildman–Crippen MR) is 67.8 cm³/mol. The number of nitrogens with two attached hydrogens (primary N) is 1. The highest BCUT2D eigenvalue weighted by Crippen LogP contribution is 2.46. The van der Waals surface area contributed by atoms with Gasteiger partial charge in [-0.25, -0.2) is 0 Å². The molecule has 17 heavy (non-hydrogen) atoms. The number of guanidine groups is 1. The van der Waals surface area contributed by atoms with Crippen molar-refractivity contribution in [3.05, 3.63) is 0 Å². The maximum atomic E-state index is 5.90. The number of hydrogen-bond acceptors (Lipinski definition) is 2. The second-order valence-corrected chi connectivity index (χ2v) is 5.70. The normalized spacial score (nSPS) is 37.9. The van der Waals surface area contributed by atoms with Crippen LogP contribution in [0.3, 0.4) is 0 Å². The SMILES string of the molecule is NC(=NCC1CCCO1)N[C@@H]1C[C@H]1C1CCC1. The van der Waals surface area contributed by atoms with Crippen molar-refractivity contribution in [1.29, 1.82) is 0 Å². The highest BCUT2D eigenvalue weighted by Gasteiger charge is 2.45. The second kappa shape index (κ2) is 4.84. The van der Waals surface area contributed by atoms with Crippen LogP contribution in [0.2, 0.25) is 0 Å². The van der Waals surface area contributed by atoms with Crippen LogP contribution in [0.5, 0.6) is 0 Å². The molecule has 0 bridgehead atoms. The molecule has 3 fully saturated rings. The van der Waals surface area contributed by atoms with E-state index in [0.29, 0.717) is 18.1 Å². The molecule has 0 aromatic rings. The molecule has 3 aliphatic rings. The summed E-state index contributed by atoms with van der Waals surface area (Å²) in [6.45, 7) is 1.61. The molecule has 1 saturated heterocycles. The lowest BCUT2D eigenvalue weighted by molar-refractivity contribution is 0.117. The van der Waals surface area contributed by atoms with E-state index in [2.05, 4.69) is 10.3 Å².